The van der Waals surface area contributed by atoms with Crippen molar-refractivity contribution in [1.82, 2.24) is 4.90 Å². The molecule has 1 aliphatic rings. The molecule has 0 spiro atoms. The summed E-state index contributed by atoms with van der Waals surface area (Å²) in [6.45, 7) is 2.63. The Labute approximate surface area is 111 Å². The normalized spacial score (nSPS) is 22.9. The van der Waals surface area contributed by atoms with E-state index in [4.69, 9.17) is 5.26 Å². The first kappa shape index (κ1) is 13.3. The first-order valence-electron chi connectivity index (χ1n) is 6.15. The highest BCUT2D eigenvalue weighted by molar-refractivity contribution is 5.97. The molecule has 0 aromatic heterocycles. The molecule has 4 nitrogen and oxygen atoms in total. The highest BCUT2D eigenvalue weighted by Gasteiger charge is 2.34. The lowest BCUT2D eigenvalue weighted by Gasteiger charge is -2.36. The Bertz CT molecular complexity index is 553. The molecule has 0 radical (unpaired) electrons. The summed E-state index contributed by atoms with van der Waals surface area (Å²) >= 11 is 0. The van der Waals surface area contributed by atoms with Gasteiger partial charge in [-0.25, -0.2) is 4.39 Å². The number of carbonyl (C=O) groups excluding carboxylic acids is 1. The zero-order valence-corrected chi connectivity index (χ0v) is 10.7. The first-order valence-corrected chi connectivity index (χ1v) is 6.15. The molecule has 1 aliphatic heterocycles. The number of amides is 1. The molecule has 0 saturated carbocycles. The van der Waals surface area contributed by atoms with Crippen molar-refractivity contribution in [3.8, 4) is 11.8 Å². The maximum Gasteiger partial charge on any atom is 0.257 e. The van der Waals surface area contributed by atoms with Crippen molar-refractivity contribution in [2.45, 2.75) is 19.8 Å². The monoisotopic (exact) mass is 262 g/mol. The van der Waals surface area contributed by atoms with Crippen molar-refractivity contribution >= 4 is 5.91 Å². The van der Waals surface area contributed by atoms with Crippen LogP contribution in [0.25, 0.3) is 0 Å². The zero-order chi connectivity index (χ0) is 14.0. The standard InChI is InChI=1S/C14H15FN2O2/c1-14(8-16)6-3-7-17(9-14)13(19)10-4-2-5-11(15)12(10)18/h2,4-5,18H,3,6-7,9H2,1H3/t14-/m0/s1. The van der Waals surface area contributed by atoms with Gasteiger partial charge >= 0.3 is 0 Å². The predicted octanol–water partition coefficient (Wildman–Crippen LogP) is 2.30. The molecule has 2 rings (SSSR count). The van der Waals surface area contributed by atoms with E-state index in [1.165, 1.54) is 17.0 Å². The van der Waals surface area contributed by atoms with Gasteiger partial charge in [0.25, 0.3) is 5.91 Å². The number of phenols is 1. The summed E-state index contributed by atoms with van der Waals surface area (Å²) in [6.07, 6.45) is 1.47. The maximum absolute atomic E-state index is 13.3. The average molecular weight is 262 g/mol. The molecular weight excluding hydrogens is 247 g/mol. The SMILES string of the molecule is C[C@@]1(C#N)CCCN(C(=O)c2cccc(F)c2O)C1. The fourth-order valence-corrected chi connectivity index (χ4v) is 2.36. The van der Waals surface area contributed by atoms with Crippen LogP contribution in [0.2, 0.25) is 0 Å². The molecule has 1 saturated heterocycles. The Morgan fingerprint density at radius 2 is 2.32 bits per heavy atom. The lowest BCUT2D eigenvalue weighted by molar-refractivity contribution is 0.0626. The van der Waals surface area contributed by atoms with Crippen LogP contribution >= 0.6 is 0 Å². The van der Waals surface area contributed by atoms with E-state index in [1.807, 2.05) is 0 Å². The van der Waals surface area contributed by atoms with Crippen LogP contribution in [0.3, 0.4) is 0 Å². The average Bonchev–Trinajstić information content (AvgIpc) is 2.41. The van der Waals surface area contributed by atoms with Gasteiger partial charge in [0.2, 0.25) is 0 Å². The van der Waals surface area contributed by atoms with Gasteiger partial charge in [-0.2, -0.15) is 5.26 Å². The highest BCUT2D eigenvalue weighted by Crippen LogP contribution is 2.30. The lowest BCUT2D eigenvalue weighted by Crippen LogP contribution is -2.44. The van der Waals surface area contributed by atoms with E-state index in [1.54, 1.807) is 6.92 Å². The van der Waals surface area contributed by atoms with E-state index >= 15 is 0 Å². The number of para-hydroxylation sites is 1. The second-order valence-electron chi connectivity index (χ2n) is 5.14. The van der Waals surface area contributed by atoms with Crippen LogP contribution in [-0.4, -0.2) is 29.0 Å². The molecule has 0 unspecified atom stereocenters. The van der Waals surface area contributed by atoms with Crippen molar-refractivity contribution < 1.29 is 14.3 Å². The van der Waals surface area contributed by atoms with Crippen molar-refractivity contribution in [2.24, 2.45) is 5.41 Å². The third-order valence-electron chi connectivity index (χ3n) is 3.47. The Morgan fingerprint density at radius 3 is 3.00 bits per heavy atom. The minimum absolute atomic E-state index is 0.0535. The first-order chi connectivity index (χ1) is 8.97. The topological polar surface area (TPSA) is 64.3 Å². The number of phenolic OH excluding ortho intramolecular Hbond substituents is 1. The smallest absolute Gasteiger partial charge is 0.257 e. The Kier molecular flexibility index (Phi) is 3.43. The molecule has 1 fully saturated rings. The number of carbonyl (C=O) groups is 1. The van der Waals surface area contributed by atoms with Crippen LogP contribution in [0, 0.1) is 22.6 Å². The van der Waals surface area contributed by atoms with Crippen molar-refractivity contribution in [1.29, 1.82) is 5.26 Å². The number of nitriles is 1. The number of halogens is 1. The van der Waals surface area contributed by atoms with Crippen LogP contribution in [0.15, 0.2) is 18.2 Å². The molecule has 0 aliphatic carbocycles. The summed E-state index contributed by atoms with van der Waals surface area (Å²) in [7, 11) is 0. The van der Waals surface area contributed by atoms with Crippen LogP contribution in [-0.2, 0) is 0 Å². The van der Waals surface area contributed by atoms with Gasteiger partial charge in [0.1, 0.15) is 0 Å². The number of rotatable bonds is 1. The van der Waals surface area contributed by atoms with E-state index in [0.717, 1.165) is 18.9 Å². The number of hydrogen-bond donors (Lipinski definition) is 1. The Balaban J connectivity index is 2.25. The van der Waals surface area contributed by atoms with Crippen LogP contribution in [0.5, 0.6) is 5.75 Å². The third-order valence-corrected chi connectivity index (χ3v) is 3.47. The van der Waals surface area contributed by atoms with Crippen LogP contribution in [0.4, 0.5) is 4.39 Å². The van der Waals surface area contributed by atoms with Gasteiger partial charge in [-0.3, -0.25) is 4.79 Å². The number of nitrogens with zero attached hydrogens (tertiary/aromatic N) is 2. The predicted molar refractivity (Wildman–Crippen MR) is 66.9 cm³/mol. The summed E-state index contributed by atoms with van der Waals surface area (Å²) in [5, 5.41) is 18.7. The van der Waals surface area contributed by atoms with Crippen LogP contribution in [0.1, 0.15) is 30.1 Å². The van der Waals surface area contributed by atoms with Gasteiger partial charge in [-0.05, 0) is 31.9 Å². The second kappa shape index (κ2) is 4.88. The molecule has 100 valence electrons. The van der Waals surface area contributed by atoms with E-state index in [-0.39, 0.29) is 5.56 Å². The summed E-state index contributed by atoms with van der Waals surface area (Å²) in [5.74, 6) is -1.87. The fraction of sp³-hybridized carbons (Fsp3) is 0.429. The lowest BCUT2D eigenvalue weighted by atomic mass is 9.83. The minimum Gasteiger partial charge on any atom is -0.504 e. The molecule has 0 bridgehead atoms. The molecule has 1 amide bonds. The minimum atomic E-state index is -0.814. The van der Waals surface area contributed by atoms with Crippen molar-refractivity contribution in [3.05, 3.63) is 29.6 Å². The summed E-state index contributed by atoms with van der Waals surface area (Å²) in [6, 6.07) is 6.08. The molecule has 19 heavy (non-hydrogen) atoms. The van der Waals surface area contributed by atoms with E-state index in [2.05, 4.69) is 6.07 Å². The Morgan fingerprint density at radius 1 is 1.58 bits per heavy atom. The molecule has 1 aromatic rings. The third kappa shape index (κ3) is 2.53. The molecular formula is C14H15FN2O2. The molecule has 1 atom stereocenters. The van der Waals surface area contributed by atoms with Gasteiger partial charge in [-0.1, -0.05) is 6.07 Å². The van der Waals surface area contributed by atoms with Crippen LogP contribution < -0.4 is 0 Å². The molecule has 1 aromatic carbocycles. The Hall–Kier alpha value is -2.09. The largest absolute Gasteiger partial charge is 0.504 e. The fourth-order valence-electron chi connectivity index (χ4n) is 2.36. The highest BCUT2D eigenvalue weighted by atomic mass is 19.1. The van der Waals surface area contributed by atoms with Gasteiger partial charge in [0, 0.05) is 13.1 Å². The van der Waals surface area contributed by atoms with Gasteiger partial charge in [-0.15, -0.1) is 0 Å². The van der Waals surface area contributed by atoms with Crippen molar-refractivity contribution in [3.63, 3.8) is 0 Å². The van der Waals surface area contributed by atoms with Gasteiger partial charge in [0.15, 0.2) is 11.6 Å². The van der Waals surface area contributed by atoms with E-state index in [0.29, 0.717) is 13.1 Å². The van der Waals surface area contributed by atoms with Gasteiger partial charge < -0.3 is 10.0 Å². The number of benzene rings is 1. The second-order valence-corrected chi connectivity index (χ2v) is 5.14. The van der Waals surface area contributed by atoms with Crippen molar-refractivity contribution in [2.75, 3.05) is 13.1 Å². The summed E-state index contributed by atoms with van der Waals surface area (Å²) < 4.78 is 13.3. The number of piperidine rings is 1. The summed E-state index contributed by atoms with van der Waals surface area (Å²) in [4.78, 5) is 13.8. The van der Waals surface area contributed by atoms with E-state index < -0.39 is 22.9 Å². The number of likely N-dealkylation sites (tertiary alicyclic amines) is 1. The number of aromatic hydroxyl groups is 1. The summed E-state index contributed by atoms with van der Waals surface area (Å²) in [5.41, 5.74) is -0.626. The van der Waals surface area contributed by atoms with E-state index in [9.17, 15) is 14.3 Å². The maximum atomic E-state index is 13.3. The molecule has 1 heterocycles. The van der Waals surface area contributed by atoms with Gasteiger partial charge in [0.05, 0.1) is 17.0 Å². The molecule has 5 heteroatoms. The molecule has 1 N–H and O–H groups in total. The number of hydrogen-bond acceptors (Lipinski definition) is 3. The zero-order valence-electron chi connectivity index (χ0n) is 10.7. The quantitative estimate of drug-likeness (QED) is 0.844.